The number of nitrogens with two attached hydrogens (primary N) is 1. The number of primary amides is 1. The molecule has 0 radical (unpaired) electrons. The maximum Gasteiger partial charge on any atom is 0.240 e. The number of nitrogens with one attached hydrogen (secondary N) is 1. The zero-order valence-electron chi connectivity index (χ0n) is 10.7. The molecule has 2 amide bonds. The molecule has 2 rings (SSSR count). The molecule has 3 N–H and O–H groups in total. The molecular weight excluding hydrogens is 232 g/mol. The fourth-order valence-corrected chi connectivity index (χ4v) is 2.90. The number of hydrogen-bond donors (Lipinski definition) is 2. The standard InChI is InChI=1S/C13H22N2O3/c14-12(16)11(9-4-2-1-3-5-9)15-13(17)10-6-7-18-8-10/h9-11H,1-8H2,(H2,14,16)(H,15,17)/t10-,11-/m1/s1. The summed E-state index contributed by atoms with van der Waals surface area (Å²) in [5, 5.41) is 2.83. The number of carbonyl (C=O) groups is 2. The molecule has 1 aliphatic carbocycles. The maximum atomic E-state index is 12.0. The van der Waals surface area contributed by atoms with Crippen LogP contribution in [0.15, 0.2) is 0 Å². The van der Waals surface area contributed by atoms with Crippen LogP contribution in [-0.2, 0) is 14.3 Å². The van der Waals surface area contributed by atoms with Crippen molar-refractivity contribution in [2.75, 3.05) is 13.2 Å². The van der Waals surface area contributed by atoms with Crippen molar-refractivity contribution in [1.29, 1.82) is 0 Å². The topological polar surface area (TPSA) is 81.4 Å². The molecule has 0 spiro atoms. The van der Waals surface area contributed by atoms with Gasteiger partial charge in [0.05, 0.1) is 12.5 Å². The van der Waals surface area contributed by atoms with Gasteiger partial charge in [-0.15, -0.1) is 0 Å². The van der Waals surface area contributed by atoms with Crippen molar-refractivity contribution in [2.45, 2.75) is 44.6 Å². The van der Waals surface area contributed by atoms with Gasteiger partial charge in [0.1, 0.15) is 6.04 Å². The zero-order valence-corrected chi connectivity index (χ0v) is 10.7. The third-order valence-electron chi connectivity index (χ3n) is 4.03. The van der Waals surface area contributed by atoms with Crippen molar-refractivity contribution in [2.24, 2.45) is 17.6 Å². The highest BCUT2D eigenvalue weighted by Crippen LogP contribution is 2.26. The van der Waals surface area contributed by atoms with Crippen molar-refractivity contribution in [3.63, 3.8) is 0 Å². The van der Waals surface area contributed by atoms with Crippen LogP contribution in [0.1, 0.15) is 38.5 Å². The van der Waals surface area contributed by atoms with Crippen molar-refractivity contribution >= 4 is 11.8 Å². The van der Waals surface area contributed by atoms with Gasteiger partial charge in [0.15, 0.2) is 0 Å². The lowest BCUT2D eigenvalue weighted by atomic mass is 9.83. The molecule has 102 valence electrons. The van der Waals surface area contributed by atoms with E-state index in [1.165, 1.54) is 6.42 Å². The van der Waals surface area contributed by atoms with Gasteiger partial charge >= 0.3 is 0 Å². The molecule has 18 heavy (non-hydrogen) atoms. The Morgan fingerprint density at radius 3 is 2.44 bits per heavy atom. The molecule has 2 aliphatic rings. The van der Waals surface area contributed by atoms with Crippen molar-refractivity contribution in [3.8, 4) is 0 Å². The predicted molar refractivity (Wildman–Crippen MR) is 66.6 cm³/mol. The molecule has 1 saturated carbocycles. The van der Waals surface area contributed by atoms with Gasteiger partial charge < -0.3 is 15.8 Å². The minimum Gasteiger partial charge on any atom is -0.381 e. The SMILES string of the molecule is NC(=O)[C@H](NC(=O)[C@@H]1CCOC1)C1CCCCC1. The summed E-state index contributed by atoms with van der Waals surface area (Å²) < 4.78 is 5.19. The number of hydrogen-bond acceptors (Lipinski definition) is 3. The van der Waals surface area contributed by atoms with E-state index in [4.69, 9.17) is 10.5 Å². The van der Waals surface area contributed by atoms with Crippen LogP contribution >= 0.6 is 0 Å². The monoisotopic (exact) mass is 254 g/mol. The number of ether oxygens (including phenoxy) is 1. The summed E-state index contributed by atoms with van der Waals surface area (Å²) in [5.74, 6) is -0.394. The Bertz CT molecular complexity index is 307. The molecule has 1 saturated heterocycles. The molecule has 2 fully saturated rings. The van der Waals surface area contributed by atoms with Crippen LogP contribution in [0.2, 0.25) is 0 Å². The highest BCUT2D eigenvalue weighted by molar-refractivity contribution is 5.87. The summed E-state index contributed by atoms with van der Waals surface area (Å²) in [6.07, 6.45) is 6.16. The lowest BCUT2D eigenvalue weighted by Gasteiger charge is -2.29. The lowest BCUT2D eigenvalue weighted by molar-refractivity contribution is -0.131. The average Bonchev–Trinajstić information content (AvgIpc) is 2.90. The fraction of sp³-hybridized carbons (Fsp3) is 0.846. The smallest absolute Gasteiger partial charge is 0.240 e. The first-order valence-electron chi connectivity index (χ1n) is 6.86. The molecular formula is C13H22N2O3. The molecule has 5 heteroatoms. The van der Waals surface area contributed by atoms with E-state index in [2.05, 4.69) is 5.32 Å². The predicted octanol–water partition coefficient (Wildman–Crippen LogP) is 0.573. The minimum atomic E-state index is -0.501. The second-order valence-electron chi connectivity index (χ2n) is 5.35. The summed E-state index contributed by atoms with van der Waals surface area (Å²) >= 11 is 0. The van der Waals surface area contributed by atoms with Crippen molar-refractivity contribution < 1.29 is 14.3 Å². The minimum absolute atomic E-state index is 0.0816. The highest BCUT2D eigenvalue weighted by atomic mass is 16.5. The van der Waals surface area contributed by atoms with Crippen molar-refractivity contribution in [3.05, 3.63) is 0 Å². The van der Waals surface area contributed by atoms with E-state index >= 15 is 0 Å². The Kier molecular flexibility index (Phi) is 4.58. The van der Waals surface area contributed by atoms with E-state index in [0.717, 1.165) is 32.1 Å². The van der Waals surface area contributed by atoms with E-state index in [0.29, 0.717) is 13.2 Å². The Balaban J connectivity index is 1.92. The quantitative estimate of drug-likeness (QED) is 0.769. The van der Waals surface area contributed by atoms with E-state index in [9.17, 15) is 9.59 Å². The third kappa shape index (κ3) is 3.22. The summed E-state index contributed by atoms with van der Waals surface area (Å²) in [4.78, 5) is 23.5. The Morgan fingerprint density at radius 2 is 1.89 bits per heavy atom. The number of rotatable bonds is 4. The summed E-state index contributed by atoms with van der Waals surface area (Å²) in [6, 6.07) is -0.501. The van der Waals surface area contributed by atoms with E-state index in [-0.39, 0.29) is 17.7 Å². The lowest BCUT2D eigenvalue weighted by Crippen LogP contribution is -2.51. The van der Waals surface area contributed by atoms with E-state index < -0.39 is 11.9 Å². The average molecular weight is 254 g/mol. The van der Waals surface area contributed by atoms with Gasteiger partial charge in [0.25, 0.3) is 0 Å². The highest BCUT2D eigenvalue weighted by Gasteiger charge is 2.32. The van der Waals surface area contributed by atoms with Gasteiger partial charge in [-0.1, -0.05) is 19.3 Å². The van der Waals surface area contributed by atoms with Crippen LogP contribution in [0, 0.1) is 11.8 Å². The van der Waals surface area contributed by atoms with Crippen LogP contribution < -0.4 is 11.1 Å². The van der Waals surface area contributed by atoms with Gasteiger partial charge in [-0.05, 0) is 25.2 Å². The normalized spacial score (nSPS) is 26.8. The summed E-state index contributed by atoms with van der Waals surface area (Å²) in [6.45, 7) is 1.09. The summed E-state index contributed by atoms with van der Waals surface area (Å²) in [5.41, 5.74) is 5.43. The van der Waals surface area contributed by atoms with Crippen LogP contribution in [0.3, 0.4) is 0 Å². The maximum absolute atomic E-state index is 12.0. The first-order chi connectivity index (χ1) is 8.68. The zero-order chi connectivity index (χ0) is 13.0. The van der Waals surface area contributed by atoms with Gasteiger partial charge in [0.2, 0.25) is 11.8 Å². The largest absolute Gasteiger partial charge is 0.381 e. The molecule has 0 aromatic rings. The van der Waals surface area contributed by atoms with Crippen molar-refractivity contribution in [1.82, 2.24) is 5.32 Å². The van der Waals surface area contributed by atoms with Gasteiger partial charge in [0, 0.05) is 6.61 Å². The van der Waals surface area contributed by atoms with Crippen LogP contribution in [0.4, 0.5) is 0 Å². The molecule has 1 heterocycles. The fourth-order valence-electron chi connectivity index (χ4n) is 2.90. The molecule has 5 nitrogen and oxygen atoms in total. The van der Waals surface area contributed by atoms with Crippen LogP contribution in [0.5, 0.6) is 0 Å². The second-order valence-corrected chi connectivity index (χ2v) is 5.35. The first-order valence-corrected chi connectivity index (χ1v) is 6.86. The summed E-state index contributed by atoms with van der Waals surface area (Å²) in [7, 11) is 0. The second kappa shape index (κ2) is 6.18. The van der Waals surface area contributed by atoms with Gasteiger partial charge in [-0.3, -0.25) is 9.59 Å². The number of amides is 2. The molecule has 0 aromatic heterocycles. The molecule has 0 unspecified atom stereocenters. The molecule has 0 aromatic carbocycles. The Labute approximate surface area is 107 Å². The molecule has 1 aliphatic heterocycles. The van der Waals surface area contributed by atoms with E-state index in [1.807, 2.05) is 0 Å². The Hall–Kier alpha value is -1.10. The van der Waals surface area contributed by atoms with E-state index in [1.54, 1.807) is 0 Å². The van der Waals surface area contributed by atoms with Gasteiger partial charge in [-0.25, -0.2) is 0 Å². The molecule has 2 atom stereocenters. The Morgan fingerprint density at radius 1 is 1.17 bits per heavy atom. The van der Waals surface area contributed by atoms with Gasteiger partial charge in [-0.2, -0.15) is 0 Å². The third-order valence-corrected chi connectivity index (χ3v) is 4.03. The molecule has 0 bridgehead atoms. The number of carbonyl (C=O) groups excluding carboxylic acids is 2. The van der Waals surface area contributed by atoms with Crippen LogP contribution in [0.25, 0.3) is 0 Å². The first kappa shape index (κ1) is 13.3. The van der Waals surface area contributed by atoms with Crippen LogP contribution in [-0.4, -0.2) is 31.1 Å².